The predicted molar refractivity (Wildman–Crippen MR) is 131 cm³/mol. The van der Waals surface area contributed by atoms with Crippen molar-refractivity contribution in [2.45, 2.75) is 38.2 Å². The maximum atomic E-state index is 13.2. The van der Waals surface area contributed by atoms with Gasteiger partial charge in [-0.3, -0.25) is 0 Å². The Morgan fingerprint density at radius 1 is 1.03 bits per heavy atom. The zero-order chi connectivity index (χ0) is 25.0. The summed E-state index contributed by atoms with van der Waals surface area (Å²) in [7, 11) is -3.79. The van der Waals surface area contributed by atoms with Crippen LogP contribution in [-0.4, -0.2) is 70.1 Å². The summed E-state index contributed by atoms with van der Waals surface area (Å²) in [4.78, 5) is 23.0. The topological polar surface area (TPSA) is 110 Å². The first-order chi connectivity index (χ1) is 16.5. The number of likely N-dealkylation sites (tertiary alicyclic amines) is 1. The summed E-state index contributed by atoms with van der Waals surface area (Å²) in [6.45, 7) is 10.3. The average Bonchev–Trinajstić information content (AvgIpc) is 3.46. The van der Waals surface area contributed by atoms with Crippen LogP contribution in [-0.2, 0) is 14.8 Å². The predicted octanol–water partition coefficient (Wildman–Crippen LogP) is 3.10. The number of benzene rings is 1. The largest absolute Gasteiger partial charge is 0.444 e. The molecule has 0 spiro atoms. The lowest BCUT2D eigenvalue weighted by atomic mass is 10.0. The molecule has 0 radical (unpaired) electrons. The van der Waals surface area contributed by atoms with E-state index in [-0.39, 0.29) is 11.0 Å². The molecule has 3 aromatic rings. The van der Waals surface area contributed by atoms with E-state index < -0.39 is 15.6 Å². The number of hydrogen-bond donors (Lipinski definition) is 1. The van der Waals surface area contributed by atoms with Gasteiger partial charge in [0.25, 0.3) is 10.0 Å². The lowest BCUT2D eigenvalue weighted by Gasteiger charge is -2.26. The number of carbonyl (C=O) groups excluding carboxylic acids is 1. The van der Waals surface area contributed by atoms with Crippen molar-refractivity contribution >= 4 is 33.0 Å². The lowest BCUT2D eigenvalue weighted by molar-refractivity contribution is 0.0276. The number of anilines is 1. The van der Waals surface area contributed by atoms with Crippen LogP contribution in [0.3, 0.4) is 0 Å². The third-order valence-corrected chi connectivity index (χ3v) is 8.11. The zero-order valence-corrected chi connectivity index (χ0v) is 21.1. The number of ether oxygens (including phenoxy) is 1. The van der Waals surface area contributed by atoms with Crippen molar-refractivity contribution in [2.24, 2.45) is 11.8 Å². The standard InChI is InChI=1S/C24H30N6O4S/c1-16-5-7-19(8-6-16)35(32,33)30-10-9-20-21(25-15-26-22(20)30)27-29-13-17-11-28(12-18(17)14-29)23(31)34-24(2,3)4/h5-10,15,17-18H,11-14H2,1-4H3,(H,25,26,27). The van der Waals surface area contributed by atoms with E-state index in [0.717, 1.165) is 18.7 Å². The summed E-state index contributed by atoms with van der Waals surface area (Å²) in [6.07, 6.45) is 2.62. The Hall–Kier alpha value is -3.18. The molecule has 1 aromatic carbocycles. The van der Waals surface area contributed by atoms with Gasteiger partial charge in [0.05, 0.1) is 10.3 Å². The van der Waals surface area contributed by atoms with Crippen molar-refractivity contribution in [1.82, 2.24) is 23.8 Å². The molecule has 10 nitrogen and oxygen atoms in total. The minimum absolute atomic E-state index is 0.204. The number of rotatable bonds is 4. The third kappa shape index (κ3) is 4.57. The summed E-state index contributed by atoms with van der Waals surface area (Å²) in [5.41, 5.74) is 4.14. The van der Waals surface area contributed by atoms with Gasteiger partial charge in [-0.05, 0) is 57.7 Å². The Labute approximate surface area is 204 Å². The molecule has 1 N–H and O–H groups in total. The molecule has 2 aliphatic heterocycles. The minimum Gasteiger partial charge on any atom is -0.444 e. The molecule has 2 aliphatic rings. The van der Waals surface area contributed by atoms with Crippen LogP contribution in [0.4, 0.5) is 10.6 Å². The van der Waals surface area contributed by atoms with Gasteiger partial charge in [0, 0.05) is 32.4 Å². The molecule has 0 bridgehead atoms. The SMILES string of the molecule is Cc1ccc(S(=O)(=O)n2ccc3c(NN4CC5CN(C(=O)OC(C)(C)C)CC5C4)ncnc32)cc1. The fraction of sp³-hybridized carbons (Fsp3) is 0.458. The van der Waals surface area contributed by atoms with E-state index in [1.165, 1.54) is 16.5 Å². The normalized spacial score (nSPS) is 20.9. The number of aromatic nitrogens is 3. The summed E-state index contributed by atoms with van der Waals surface area (Å²) >= 11 is 0. The number of hydrazine groups is 1. The Bertz CT molecular complexity index is 1350. The fourth-order valence-electron chi connectivity index (χ4n) is 4.74. The first kappa shape index (κ1) is 23.6. The molecule has 2 unspecified atom stereocenters. The van der Waals surface area contributed by atoms with E-state index in [2.05, 4.69) is 20.4 Å². The van der Waals surface area contributed by atoms with Crippen LogP contribution < -0.4 is 5.43 Å². The molecule has 2 aromatic heterocycles. The van der Waals surface area contributed by atoms with E-state index >= 15 is 0 Å². The number of carbonyl (C=O) groups is 1. The summed E-state index contributed by atoms with van der Waals surface area (Å²) < 4.78 is 33.1. The van der Waals surface area contributed by atoms with E-state index in [9.17, 15) is 13.2 Å². The molecule has 5 rings (SSSR count). The Morgan fingerprint density at radius 2 is 1.69 bits per heavy atom. The number of nitrogens with zero attached hydrogens (tertiary/aromatic N) is 5. The molecule has 186 valence electrons. The van der Waals surface area contributed by atoms with E-state index in [1.54, 1.807) is 35.2 Å². The number of amides is 1. The zero-order valence-electron chi connectivity index (χ0n) is 20.3. The molecule has 35 heavy (non-hydrogen) atoms. The lowest BCUT2D eigenvalue weighted by Crippen LogP contribution is -2.38. The number of fused-ring (bicyclic) bond motifs is 2. The molecule has 2 fully saturated rings. The fourth-order valence-corrected chi connectivity index (χ4v) is 6.05. The van der Waals surface area contributed by atoms with Gasteiger partial charge in [-0.2, -0.15) is 0 Å². The van der Waals surface area contributed by atoms with Crippen LogP contribution in [0.1, 0.15) is 26.3 Å². The van der Waals surface area contributed by atoms with Gasteiger partial charge >= 0.3 is 6.09 Å². The highest BCUT2D eigenvalue weighted by Gasteiger charge is 2.43. The Morgan fingerprint density at radius 3 is 2.31 bits per heavy atom. The van der Waals surface area contributed by atoms with Crippen LogP contribution in [0.2, 0.25) is 0 Å². The smallest absolute Gasteiger partial charge is 0.410 e. The maximum absolute atomic E-state index is 13.2. The van der Waals surface area contributed by atoms with Gasteiger partial charge in [0.2, 0.25) is 0 Å². The molecular formula is C24H30N6O4S. The number of hydrogen-bond acceptors (Lipinski definition) is 8. The van der Waals surface area contributed by atoms with Crippen molar-refractivity contribution < 1.29 is 17.9 Å². The second kappa shape index (κ2) is 8.49. The van der Waals surface area contributed by atoms with Gasteiger partial charge in [0.1, 0.15) is 11.9 Å². The monoisotopic (exact) mass is 498 g/mol. The van der Waals surface area contributed by atoms with Crippen molar-refractivity contribution in [3.05, 3.63) is 48.4 Å². The van der Waals surface area contributed by atoms with E-state index in [1.807, 2.05) is 27.7 Å². The van der Waals surface area contributed by atoms with E-state index in [4.69, 9.17) is 4.74 Å². The maximum Gasteiger partial charge on any atom is 0.410 e. The van der Waals surface area contributed by atoms with Gasteiger partial charge in [-0.1, -0.05) is 17.7 Å². The minimum atomic E-state index is -3.79. The first-order valence-electron chi connectivity index (χ1n) is 11.6. The van der Waals surface area contributed by atoms with Crippen LogP contribution in [0.15, 0.2) is 47.8 Å². The molecule has 1 amide bonds. The van der Waals surface area contributed by atoms with Crippen LogP contribution in [0.25, 0.3) is 11.0 Å². The molecule has 2 saturated heterocycles. The molecule has 0 saturated carbocycles. The summed E-state index contributed by atoms with van der Waals surface area (Å²) in [5.74, 6) is 1.22. The van der Waals surface area contributed by atoms with Crippen LogP contribution >= 0.6 is 0 Å². The average molecular weight is 499 g/mol. The first-order valence-corrected chi connectivity index (χ1v) is 13.1. The summed E-state index contributed by atoms with van der Waals surface area (Å²) in [5, 5.41) is 2.70. The van der Waals surface area contributed by atoms with Gasteiger partial charge in [-0.25, -0.2) is 32.2 Å². The molecule has 2 atom stereocenters. The van der Waals surface area contributed by atoms with Crippen LogP contribution in [0, 0.1) is 18.8 Å². The molecular weight excluding hydrogens is 468 g/mol. The highest BCUT2D eigenvalue weighted by molar-refractivity contribution is 7.90. The number of nitrogens with one attached hydrogen (secondary N) is 1. The Kier molecular flexibility index (Phi) is 5.71. The molecule has 0 aliphatic carbocycles. The van der Waals surface area contributed by atoms with Crippen molar-refractivity contribution in [2.75, 3.05) is 31.6 Å². The molecule has 11 heteroatoms. The second-order valence-corrected chi connectivity index (χ2v) is 12.1. The second-order valence-electron chi connectivity index (χ2n) is 10.3. The van der Waals surface area contributed by atoms with Crippen molar-refractivity contribution in [3.63, 3.8) is 0 Å². The van der Waals surface area contributed by atoms with E-state index in [0.29, 0.717) is 41.8 Å². The van der Waals surface area contributed by atoms with Crippen molar-refractivity contribution in [3.8, 4) is 0 Å². The van der Waals surface area contributed by atoms with Crippen molar-refractivity contribution in [1.29, 1.82) is 0 Å². The highest BCUT2D eigenvalue weighted by atomic mass is 32.2. The van der Waals surface area contributed by atoms with Gasteiger partial charge in [-0.15, -0.1) is 0 Å². The Balaban J connectivity index is 1.30. The van der Waals surface area contributed by atoms with Gasteiger partial charge < -0.3 is 15.1 Å². The summed E-state index contributed by atoms with van der Waals surface area (Å²) in [6, 6.07) is 8.45. The van der Waals surface area contributed by atoms with Gasteiger partial charge in [0.15, 0.2) is 11.5 Å². The molecule has 4 heterocycles. The highest BCUT2D eigenvalue weighted by Crippen LogP contribution is 2.33. The quantitative estimate of drug-likeness (QED) is 0.584. The third-order valence-electron chi connectivity index (χ3n) is 6.43. The van der Waals surface area contributed by atoms with Crippen LogP contribution in [0.5, 0.6) is 0 Å². The number of aryl methyl sites for hydroxylation is 1.